The van der Waals surface area contributed by atoms with Gasteiger partial charge < -0.3 is 5.11 Å². The zero-order valence-electron chi connectivity index (χ0n) is 9.32. The standard InChI is InChI=1S/C12H12Cl2N2O/c1-16(3-2-15)12-9-4-7(13)5-10(14)8(9)6-11(12)17/h4-5,11-12,17H,3,6H2,1H3. The Labute approximate surface area is 110 Å². The second-order valence-corrected chi connectivity index (χ2v) is 5.09. The highest BCUT2D eigenvalue weighted by Gasteiger charge is 2.35. The van der Waals surface area contributed by atoms with E-state index in [9.17, 15) is 5.11 Å². The summed E-state index contributed by atoms with van der Waals surface area (Å²) in [7, 11) is 1.81. The second-order valence-electron chi connectivity index (χ2n) is 4.24. The maximum absolute atomic E-state index is 10.1. The smallest absolute Gasteiger partial charge is 0.0869 e. The molecule has 1 N–H and O–H groups in total. The largest absolute Gasteiger partial charge is 0.391 e. The van der Waals surface area contributed by atoms with Crippen LogP contribution in [0.3, 0.4) is 0 Å². The minimum absolute atomic E-state index is 0.208. The van der Waals surface area contributed by atoms with Gasteiger partial charge in [-0.2, -0.15) is 5.26 Å². The predicted molar refractivity (Wildman–Crippen MR) is 67.2 cm³/mol. The molecule has 5 heteroatoms. The molecule has 1 aromatic rings. The fourth-order valence-electron chi connectivity index (χ4n) is 2.37. The van der Waals surface area contributed by atoms with Gasteiger partial charge in [0.15, 0.2) is 0 Å². The lowest BCUT2D eigenvalue weighted by atomic mass is 10.1. The van der Waals surface area contributed by atoms with Crippen molar-refractivity contribution in [2.45, 2.75) is 18.6 Å². The van der Waals surface area contributed by atoms with E-state index < -0.39 is 6.10 Å². The number of rotatable bonds is 2. The summed E-state index contributed by atoms with van der Waals surface area (Å²) in [6.07, 6.45) is -0.0366. The Morgan fingerprint density at radius 3 is 2.88 bits per heavy atom. The normalized spacial score (nSPS) is 22.6. The molecule has 0 amide bonds. The average molecular weight is 271 g/mol. The Morgan fingerprint density at radius 2 is 2.24 bits per heavy atom. The molecule has 2 rings (SSSR count). The van der Waals surface area contributed by atoms with Crippen molar-refractivity contribution in [2.75, 3.05) is 13.6 Å². The third-order valence-corrected chi connectivity index (χ3v) is 3.64. The molecule has 0 fully saturated rings. The monoisotopic (exact) mass is 270 g/mol. The molecular weight excluding hydrogens is 259 g/mol. The fourth-order valence-corrected chi connectivity index (χ4v) is 2.96. The number of hydrogen-bond donors (Lipinski definition) is 1. The van der Waals surface area contributed by atoms with E-state index in [0.29, 0.717) is 16.5 Å². The number of nitriles is 1. The first-order valence-corrected chi connectivity index (χ1v) is 6.03. The molecule has 0 aromatic heterocycles. The quantitative estimate of drug-likeness (QED) is 0.840. The van der Waals surface area contributed by atoms with E-state index in [0.717, 1.165) is 11.1 Å². The van der Waals surface area contributed by atoms with Crippen molar-refractivity contribution in [3.05, 3.63) is 33.3 Å². The van der Waals surface area contributed by atoms with E-state index in [-0.39, 0.29) is 12.6 Å². The summed E-state index contributed by atoms with van der Waals surface area (Å²) >= 11 is 12.1. The summed E-state index contributed by atoms with van der Waals surface area (Å²) in [5, 5.41) is 19.9. The topological polar surface area (TPSA) is 47.3 Å². The van der Waals surface area contributed by atoms with E-state index in [1.807, 2.05) is 11.0 Å². The lowest BCUT2D eigenvalue weighted by molar-refractivity contribution is 0.0835. The summed E-state index contributed by atoms with van der Waals surface area (Å²) in [4.78, 5) is 1.81. The third kappa shape index (κ3) is 2.27. The number of aliphatic hydroxyl groups excluding tert-OH is 1. The zero-order chi connectivity index (χ0) is 12.6. The highest BCUT2D eigenvalue weighted by atomic mass is 35.5. The van der Waals surface area contributed by atoms with Crippen molar-refractivity contribution in [3.8, 4) is 6.07 Å². The zero-order valence-corrected chi connectivity index (χ0v) is 10.8. The van der Waals surface area contributed by atoms with Crippen LogP contribution in [0, 0.1) is 11.3 Å². The summed E-state index contributed by atoms with van der Waals surface area (Å²) in [5.74, 6) is 0. The maximum atomic E-state index is 10.1. The molecule has 0 heterocycles. The van der Waals surface area contributed by atoms with Gasteiger partial charge in [-0.15, -0.1) is 0 Å². The van der Waals surface area contributed by atoms with E-state index in [1.165, 1.54) is 0 Å². The van der Waals surface area contributed by atoms with Crippen LogP contribution in [0.5, 0.6) is 0 Å². The summed E-state index contributed by atoms with van der Waals surface area (Å²) in [6, 6.07) is 5.37. The molecule has 0 aliphatic heterocycles. The van der Waals surface area contributed by atoms with Crippen LogP contribution in [0.15, 0.2) is 12.1 Å². The maximum Gasteiger partial charge on any atom is 0.0869 e. The van der Waals surface area contributed by atoms with Crippen molar-refractivity contribution < 1.29 is 5.11 Å². The Bertz CT molecular complexity index is 484. The predicted octanol–water partition coefficient (Wildman–Crippen LogP) is 2.41. The van der Waals surface area contributed by atoms with Crippen molar-refractivity contribution >= 4 is 23.2 Å². The van der Waals surface area contributed by atoms with Crippen LogP contribution in [0.4, 0.5) is 0 Å². The molecule has 0 radical (unpaired) electrons. The van der Waals surface area contributed by atoms with Crippen molar-refractivity contribution in [2.24, 2.45) is 0 Å². The van der Waals surface area contributed by atoms with Crippen LogP contribution in [-0.2, 0) is 6.42 Å². The van der Waals surface area contributed by atoms with Crippen LogP contribution in [0.25, 0.3) is 0 Å². The molecular formula is C12H12Cl2N2O. The first-order valence-electron chi connectivity index (χ1n) is 5.27. The van der Waals surface area contributed by atoms with Gasteiger partial charge in [0.05, 0.1) is 24.8 Å². The fraction of sp³-hybridized carbons (Fsp3) is 0.417. The highest BCUT2D eigenvalue weighted by molar-refractivity contribution is 6.35. The molecule has 0 bridgehead atoms. The molecule has 17 heavy (non-hydrogen) atoms. The number of aliphatic hydroxyl groups is 1. The van der Waals surface area contributed by atoms with Crippen molar-refractivity contribution in [1.82, 2.24) is 4.90 Å². The van der Waals surface area contributed by atoms with E-state index in [1.54, 1.807) is 13.1 Å². The summed E-state index contributed by atoms with van der Waals surface area (Å²) < 4.78 is 0. The third-order valence-electron chi connectivity index (χ3n) is 3.09. The molecule has 1 aliphatic carbocycles. The van der Waals surface area contributed by atoms with Gasteiger partial charge in [0.2, 0.25) is 0 Å². The Kier molecular flexibility index (Phi) is 3.60. The average Bonchev–Trinajstić information content (AvgIpc) is 2.55. The Morgan fingerprint density at radius 1 is 1.53 bits per heavy atom. The van der Waals surface area contributed by atoms with Crippen LogP contribution in [0.2, 0.25) is 10.0 Å². The number of halogens is 2. The summed E-state index contributed by atoms with van der Waals surface area (Å²) in [5.41, 5.74) is 1.85. The van der Waals surface area contributed by atoms with Crippen molar-refractivity contribution in [1.29, 1.82) is 5.26 Å². The minimum atomic E-state index is -0.542. The van der Waals surface area contributed by atoms with Gasteiger partial charge in [-0.25, -0.2) is 0 Å². The Balaban J connectivity index is 2.43. The van der Waals surface area contributed by atoms with Gasteiger partial charge in [0.1, 0.15) is 0 Å². The van der Waals surface area contributed by atoms with E-state index in [2.05, 4.69) is 6.07 Å². The van der Waals surface area contributed by atoms with Gasteiger partial charge in [-0.05, 0) is 30.3 Å². The molecule has 90 valence electrons. The lowest BCUT2D eigenvalue weighted by Gasteiger charge is -2.25. The molecule has 1 aliphatic rings. The molecule has 1 aromatic carbocycles. The number of likely N-dealkylation sites (N-methyl/N-ethyl adjacent to an activating group) is 1. The molecule has 2 unspecified atom stereocenters. The summed E-state index contributed by atoms with van der Waals surface area (Å²) in [6.45, 7) is 0.255. The van der Waals surface area contributed by atoms with Gasteiger partial charge in [-0.3, -0.25) is 4.90 Å². The van der Waals surface area contributed by atoms with Gasteiger partial charge in [0, 0.05) is 16.5 Å². The van der Waals surface area contributed by atoms with Crippen molar-refractivity contribution in [3.63, 3.8) is 0 Å². The minimum Gasteiger partial charge on any atom is -0.391 e. The lowest BCUT2D eigenvalue weighted by Crippen LogP contribution is -2.31. The van der Waals surface area contributed by atoms with Crippen LogP contribution >= 0.6 is 23.2 Å². The molecule has 0 spiro atoms. The van der Waals surface area contributed by atoms with Crippen LogP contribution < -0.4 is 0 Å². The first kappa shape index (κ1) is 12.7. The molecule has 3 nitrogen and oxygen atoms in total. The second kappa shape index (κ2) is 4.83. The van der Waals surface area contributed by atoms with E-state index >= 15 is 0 Å². The molecule has 0 saturated heterocycles. The van der Waals surface area contributed by atoms with Crippen LogP contribution in [-0.4, -0.2) is 29.7 Å². The first-order chi connectivity index (χ1) is 8.04. The number of fused-ring (bicyclic) bond motifs is 1. The van der Waals surface area contributed by atoms with E-state index in [4.69, 9.17) is 28.5 Å². The molecule has 2 atom stereocenters. The number of hydrogen-bond acceptors (Lipinski definition) is 3. The number of benzene rings is 1. The van der Waals surface area contributed by atoms with Gasteiger partial charge in [-0.1, -0.05) is 23.2 Å². The Hall–Kier alpha value is -0.790. The SMILES string of the molecule is CN(CC#N)C1c2cc(Cl)cc(Cl)c2CC1O. The highest BCUT2D eigenvalue weighted by Crippen LogP contribution is 2.40. The van der Waals surface area contributed by atoms with Gasteiger partial charge in [0.25, 0.3) is 0 Å². The number of nitrogens with zero attached hydrogens (tertiary/aromatic N) is 2. The molecule has 0 saturated carbocycles. The van der Waals surface area contributed by atoms with Gasteiger partial charge >= 0.3 is 0 Å². The van der Waals surface area contributed by atoms with Crippen LogP contribution in [0.1, 0.15) is 17.2 Å².